The Hall–Kier alpha value is -3.19. The molecular weight excluding hydrogens is 560 g/mol. The van der Waals surface area contributed by atoms with Crippen LogP contribution in [0.15, 0.2) is 46.3 Å². The number of hydrogen-bond donors (Lipinski definition) is 1. The number of thioether (sulfide) groups is 1. The molecule has 4 rings (SSSR count). The van der Waals surface area contributed by atoms with Crippen molar-refractivity contribution in [2.75, 3.05) is 33.3 Å². The highest BCUT2D eigenvalue weighted by atomic mass is 32.2. The van der Waals surface area contributed by atoms with Crippen molar-refractivity contribution in [2.45, 2.75) is 38.2 Å². The fraction of sp³-hybridized carbons (Fsp3) is 0.407. The van der Waals surface area contributed by atoms with E-state index < -0.39 is 35.6 Å². The van der Waals surface area contributed by atoms with E-state index >= 15 is 0 Å². The summed E-state index contributed by atoms with van der Waals surface area (Å²) in [6, 6.07) is 6.09. The second-order valence-corrected chi connectivity index (χ2v) is 10.2. The summed E-state index contributed by atoms with van der Waals surface area (Å²) in [5.74, 6) is 0.760. The lowest BCUT2D eigenvalue weighted by Crippen LogP contribution is -2.32. The van der Waals surface area contributed by atoms with Gasteiger partial charge >= 0.3 is 12.4 Å². The van der Waals surface area contributed by atoms with E-state index in [0.717, 1.165) is 37.5 Å². The van der Waals surface area contributed by atoms with Gasteiger partial charge in [0, 0.05) is 12.1 Å². The predicted octanol–water partition coefficient (Wildman–Crippen LogP) is 6.99. The molecule has 40 heavy (non-hydrogen) atoms. The number of halogens is 6. The minimum absolute atomic E-state index is 0.0749. The SMILES string of the molecule is COc1cc(C=C2SC(=O)NC2=NCCN2CCCCC2)ccc1OCc1ccc(C(F)(F)F)cc1C(F)(F)F. The van der Waals surface area contributed by atoms with E-state index in [1.54, 1.807) is 18.2 Å². The normalized spacial score (nSPS) is 18.8. The molecule has 0 spiro atoms. The number of rotatable bonds is 8. The lowest BCUT2D eigenvalue weighted by Gasteiger charge is -2.25. The number of nitrogens with one attached hydrogen (secondary N) is 1. The van der Waals surface area contributed by atoms with Gasteiger partial charge in [-0.2, -0.15) is 26.3 Å². The molecular formula is C27H27F6N3O3S. The van der Waals surface area contributed by atoms with Crippen LogP contribution < -0.4 is 14.8 Å². The largest absolute Gasteiger partial charge is 0.493 e. The molecule has 2 aromatic carbocycles. The van der Waals surface area contributed by atoms with Crippen LogP contribution in [0.2, 0.25) is 0 Å². The van der Waals surface area contributed by atoms with E-state index in [1.165, 1.54) is 32.4 Å². The molecule has 0 bridgehead atoms. The summed E-state index contributed by atoms with van der Waals surface area (Å²) in [7, 11) is 1.35. The molecule has 0 aromatic heterocycles. The third kappa shape index (κ3) is 7.72. The van der Waals surface area contributed by atoms with Crippen LogP contribution in [0.1, 0.15) is 41.5 Å². The molecule has 0 unspecified atom stereocenters. The number of aliphatic imine (C=N–C) groups is 1. The number of alkyl halides is 6. The van der Waals surface area contributed by atoms with Crippen LogP contribution in [0.25, 0.3) is 6.08 Å². The van der Waals surface area contributed by atoms with Gasteiger partial charge in [0.2, 0.25) is 0 Å². The first kappa shape index (κ1) is 29.8. The molecule has 2 aliphatic heterocycles. The predicted molar refractivity (Wildman–Crippen MR) is 140 cm³/mol. The molecule has 2 aromatic rings. The summed E-state index contributed by atoms with van der Waals surface area (Å²) in [5.41, 5.74) is -2.65. The third-order valence-corrected chi connectivity index (χ3v) is 7.22. The Balaban J connectivity index is 1.48. The lowest BCUT2D eigenvalue weighted by atomic mass is 10.0. The summed E-state index contributed by atoms with van der Waals surface area (Å²) in [5, 5.41) is 2.48. The maximum absolute atomic E-state index is 13.5. The van der Waals surface area contributed by atoms with Crippen molar-refractivity contribution in [2.24, 2.45) is 4.99 Å². The number of likely N-dealkylation sites (tertiary alicyclic amines) is 1. The molecule has 1 N–H and O–H groups in total. The van der Waals surface area contributed by atoms with Crippen LogP contribution in [-0.4, -0.2) is 49.3 Å². The first-order valence-corrected chi connectivity index (χ1v) is 13.3. The van der Waals surface area contributed by atoms with Gasteiger partial charge in [-0.05, 0) is 73.6 Å². The standard InChI is InChI=1S/C27H27F6N3O3S/c1-38-22-13-17(14-23-24(35-25(37)40-23)34-9-12-36-10-3-2-4-11-36)5-8-21(22)39-16-18-6-7-19(26(28,29)30)15-20(18)27(31,32)33/h5-8,13-15H,2-4,9-12,16H2,1H3,(H,34,35,37). The first-order valence-electron chi connectivity index (χ1n) is 12.5. The average molecular weight is 588 g/mol. The zero-order valence-electron chi connectivity index (χ0n) is 21.5. The molecule has 2 heterocycles. The van der Waals surface area contributed by atoms with Crippen LogP contribution in [0.4, 0.5) is 31.1 Å². The van der Waals surface area contributed by atoms with Crippen molar-refractivity contribution >= 4 is 28.9 Å². The second-order valence-electron chi connectivity index (χ2n) is 9.22. The zero-order valence-corrected chi connectivity index (χ0v) is 22.3. The minimum Gasteiger partial charge on any atom is -0.493 e. The number of nitrogens with zero attached hydrogens (tertiary/aromatic N) is 2. The quantitative estimate of drug-likeness (QED) is 0.337. The highest BCUT2D eigenvalue weighted by Crippen LogP contribution is 2.38. The molecule has 2 saturated heterocycles. The van der Waals surface area contributed by atoms with E-state index in [4.69, 9.17) is 9.47 Å². The van der Waals surface area contributed by atoms with Crippen molar-refractivity contribution < 1.29 is 40.6 Å². The average Bonchev–Trinajstić information content (AvgIpc) is 3.25. The maximum Gasteiger partial charge on any atom is 0.416 e. The monoisotopic (exact) mass is 587 g/mol. The Morgan fingerprint density at radius 1 is 1.00 bits per heavy atom. The van der Waals surface area contributed by atoms with Crippen molar-refractivity contribution in [1.29, 1.82) is 0 Å². The third-order valence-electron chi connectivity index (χ3n) is 6.40. The van der Waals surface area contributed by atoms with Crippen molar-refractivity contribution in [3.63, 3.8) is 0 Å². The van der Waals surface area contributed by atoms with Gasteiger partial charge in [-0.25, -0.2) is 0 Å². The Morgan fingerprint density at radius 2 is 1.75 bits per heavy atom. The van der Waals surface area contributed by atoms with E-state index in [2.05, 4.69) is 15.2 Å². The summed E-state index contributed by atoms with van der Waals surface area (Å²) in [6.07, 6.45) is -4.61. The summed E-state index contributed by atoms with van der Waals surface area (Å²) in [4.78, 5) is 19.5. The molecule has 2 fully saturated rings. The van der Waals surface area contributed by atoms with Gasteiger partial charge in [0.05, 0.1) is 29.7 Å². The number of amides is 1. The Labute approximate surface area is 231 Å². The van der Waals surface area contributed by atoms with Crippen LogP contribution in [0, 0.1) is 0 Å². The van der Waals surface area contributed by atoms with Crippen molar-refractivity contribution in [1.82, 2.24) is 10.2 Å². The molecule has 6 nitrogen and oxygen atoms in total. The Bertz CT molecular complexity index is 1290. The number of benzene rings is 2. The van der Waals surface area contributed by atoms with Crippen LogP contribution in [-0.2, 0) is 19.0 Å². The van der Waals surface area contributed by atoms with Crippen LogP contribution >= 0.6 is 11.8 Å². The molecule has 0 saturated carbocycles. The number of piperidine rings is 1. The van der Waals surface area contributed by atoms with Crippen LogP contribution in [0.3, 0.4) is 0 Å². The number of hydrogen-bond acceptors (Lipinski definition) is 6. The summed E-state index contributed by atoms with van der Waals surface area (Å²) in [6.45, 7) is 2.78. The number of carbonyl (C=O) groups excluding carboxylic acids is 1. The Kier molecular flexibility index (Phi) is 9.34. The fourth-order valence-electron chi connectivity index (χ4n) is 4.38. The van der Waals surface area contributed by atoms with Gasteiger partial charge in [0.1, 0.15) is 12.4 Å². The molecule has 2 aliphatic rings. The molecule has 0 aliphatic carbocycles. The molecule has 0 radical (unpaired) electrons. The number of amidine groups is 1. The number of methoxy groups -OCH3 is 1. The highest BCUT2D eigenvalue weighted by molar-refractivity contribution is 8.18. The van der Waals surface area contributed by atoms with Gasteiger partial charge in [-0.15, -0.1) is 0 Å². The Morgan fingerprint density at radius 3 is 2.42 bits per heavy atom. The van der Waals surface area contributed by atoms with E-state index in [1.807, 2.05) is 0 Å². The van der Waals surface area contributed by atoms with E-state index in [9.17, 15) is 31.1 Å². The first-order chi connectivity index (χ1) is 18.9. The van der Waals surface area contributed by atoms with Crippen LogP contribution in [0.5, 0.6) is 11.5 Å². The second kappa shape index (κ2) is 12.5. The number of carbonyl (C=O) groups is 1. The molecule has 216 valence electrons. The molecule has 0 atom stereocenters. The summed E-state index contributed by atoms with van der Waals surface area (Å²) >= 11 is 0.994. The fourth-order valence-corrected chi connectivity index (χ4v) is 5.13. The van der Waals surface area contributed by atoms with Gasteiger partial charge < -0.3 is 19.7 Å². The maximum atomic E-state index is 13.5. The topological polar surface area (TPSA) is 63.2 Å². The smallest absolute Gasteiger partial charge is 0.416 e. The van der Waals surface area contributed by atoms with E-state index in [-0.39, 0.29) is 22.8 Å². The molecule has 13 heteroatoms. The van der Waals surface area contributed by atoms with Gasteiger partial charge in [0.25, 0.3) is 5.24 Å². The van der Waals surface area contributed by atoms with Crippen molar-refractivity contribution in [3.05, 3.63) is 63.6 Å². The minimum atomic E-state index is -5.00. The zero-order chi connectivity index (χ0) is 28.9. The van der Waals surface area contributed by atoms with Gasteiger partial charge in [-0.3, -0.25) is 9.79 Å². The van der Waals surface area contributed by atoms with Crippen molar-refractivity contribution in [3.8, 4) is 11.5 Å². The summed E-state index contributed by atoms with van der Waals surface area (Å²) < 4.78 is 90.1. The lowest BCUT2D eigenvalue weighted by molar-refractivity contribution is -0.143. The molecule has 1 amide bonds. The van der Waals surface area contributed by atoms with E-state index in [0.29, 0.717) is 28.9 Å². The van der Waals surface area contributed by atoms with Gasteiger partial charge in [-0.1, -0.05) is 18.6 Å². The number of ether oxygens (including phenoxy) is 2. The highest BCUT2D eigenvalue weighted by Gasteiger charge is 2.38. The van der Waals surface area contributed by atoms with Gasteiger partial charge in [0.15, 0.2) is 11.5 Å².